The SMILES string of the molecule is CCCn1ncc(Br)c1C(NN)c1cccnc1. The van der Waals surface area contributed by atoms with Crippen LogP contribution in [0.4, 0.5) is 0 Å². The molecule has 0 saturated heterocycles. The minimum absolute atomic E-state index is 0.123. The smallest absolute Gasteiger partial charge is 0.0904 e. The highest BCUT2D eigenvalue weighted by Gasteiger charge is 2.20. The van der Waals surface area contributed by atoms with Crippen molar-refractivity contribution >= 4 is 15.9 Å². The van der Waals surface area contributed by atoms with Gasteiger partial charge in [0.25, 0.3) is 0 Å². The average molecular weight is 310 g/mol. The molecule has 5 nitrogen and oxygen atoms in total. The topological polar surface area (TPSA) is 68.8 Å². The molecule has 2 heterocycles. The number of aromatic nitrogens is 3. The lowest BCUT2D eigenvalue weighted by Gasteiger charge is -2.18. The van der Waals surface area contributed by atoms with E-state index < -0.39 is 0 Å². The van der Waals surface area contributed by atoms with Crippen LogP contribution in [0.5, 0.6) is 0 Å². The lowest BCUT2D eigenvalue weighted by Crippen LogP contribution is -2.31. The first-order valence-corrected chi connectivity index (χ1v) is 6.64. The Morgan fingerprint density at radius 1 is 1.50 bits per heavy atom. The van der Waals surface area contributed by atoms with Gasteiger partial charge >= 0.3 is 0 Å². The Hall–Kier alpha value is -1.24. The fraction of sp³-hybridized carbons (Fsp3) is 0.333. The molecule has 2 aromatic rings. The van der Waals surface area contributed by atoms with Gasteiger partial charge in [0.1, 0.15) is 0 Å². The van der Waals surface area contributed by atoms with E-state index in [0.717, 1.165) is 28.7 Å². The van der Waals surface area contributed by atoms with Gasteiger partial charge in [-0.3, -0.25) is 15.5 Å². The van der Waals surface area contributed by atoms with E-state index in [4.69, 9.17) is 5.84 Å². The van der Waals surface area contributed by atoms with Crippen LogP contribution in [0.1, 0.15) is 30.6 Å². The summed E-state index contributed by atoms with van der Waals surface area (Å²) in [6.45, 7) is 2.98. The van der Waals surface area contributed by atoms with Crippen molar-refractivity contribution in [3.63, 3.8) is 0 Å². The second-order valence-corrected chi connectivity index (χ2v) is 4.84. The second kappa shape index (κ2) is 6.08. The lowest BCUT2D eigenvalue weighted by molar-refractivity contribution is 0.519. The Balaban J connectivity index is 2.41. The minimum Gasteiger partial charge on any atom is -0.271 e. The van der Waals surface area contributed by atoms with E-state index in [1.807, 2.05) is 16.8 Å². The van der Waals surface area contributed by atoms with Gasteiger partial charge in [0.05, 0.1) is 22.4 Å². The van der Waals surface area contributed by atoms with Gasteiger partial charge in [0, 0.05) is 18.9 Å². The predicted octanol–water partition coefficient (Wildman–Crippen LogP) is 2.00. The van der Waals surface area contributed by atoms with Crippen LogP contribution < -0.4 is 11.3 Å². The molecule has 6 heteroatoms. The number of rotatable bonds is 5. The zero-order chi connectivity index (χ0) is 13.0. The summed E-state index contributed by atoms with van der Waals surface area (Å²) in [6, 6.07) is 3.77. The summed E-state index contributed by atoms with van der Waals surface area (Å²) in [5, 5.41) is 4.35. The molecular formula is C12H16BrN5. The van der Waals surface area contributed by atoms with Crippen LogP contribution >= 0.6 is 15.9 Å². The molecule has 0 bridgehead atoms. The van der Waals surface area contributed by atoms with Crippen molar-refractivity contribution in [3.8, 4) is 0 Å². The number of halogens is 1. The Bertz CT molecular complexity index is 496. The van der Waals surface area contributed by atoms with Gasteiger partial charge in [-0.1, -0.05) is 13.0 Å². The number of hydrogen-bond donors (Lipinski definition) is 2. The standard InChI is InChI=1S/C12H16BrN5/c1-2-6-18-12(10(13)8-16-18)11(17-14)9-4-3-5-15-7-9/h3-5,7-8,11,17H,2,6,14H2,1H3. The maximum atomic E-state index is 5.69. The number of pyridine rings is 1. The van der Waals surface area contributed by atoms with Crippen molar-refractivity contribution in [1.82, 2.24) is 20.2 Å². The zero-order valence-corrected chi connectivity index (χ0v) is 11.8. The van der Waals surface area contributed by atoms with Crippen molar-refractivity contribution in [3.05, 3.63) is 46.5 Å². The number of nitrogens with zero attached hydrogens (tertiary/aromatic N) is 3. The molecule has 0 aromatic carbocycles. The molecule has 0 fully saturated rings. The molecular weight excluding hydrogens is 294 g/mol. The highest BCUT2D eigenvalue weighted by atomic mass is 79.9. The summed E-state index contributed by atoms with van der Waals surface area (Å²) in [5.74, 6) is 5.69. The number of hydrogen-bond acceptors (Lipinski definition) is 4. The first-order valence-electron chi connectivity index (χ1n) is 5.85. The molecule has 0 aliphatic heterocycles. The molecule has 0 aliphatic carbocycles. The van der Waals surface area contributed by atoms with Gasteiger partial charge in [0.15, 0.2) is 0 Å². The number of nitrogens with two attached hydrogens (primary N) is 1. The monoisotopic (exact) mass is 309 g/mol. The third-order valence-electron chi connectivity index (χ3n) is 2.73. The van der Waals surface area contributed by atoms with Crippen LogP contribution in [0.3, 0.4) is 0 Å². The number of hydrazine groups is 1. The Kier molecular flexibility index (Phi) is 4.46. The van der Waals surface area contributed by atoms with Gasteiger partial charge in [-0.15, -0.1) is 0 Å². The summed E-state index contributed by atoms with van der Waals surface area (Å²) < 4.78 is 2.91. The Morgan fingerprint density at radius 3 is 2.94 bits per heavy atom. The molecule has 1 unspecified atom stereocenters. The molecule has 1 atom stereocenters. The fourth-order valence-electron chi connectivity index (χ4n) is 1.93. The maximum absolute atomic E-state index is 5.69. The van der Waals surface area contributed by atoms with Crippen LogP contribution in [-0.2, 0) is 6.54 Å². The van der Waals surface area contributed by atoms with Crippen LogP contribution in [0.2, 0.25) is 0 Å². The van der Waals surface area contributed by atoms with E-state index >= 15 is 0 Å². The lowest BCUT2D eigenvalue weighted by atomic mass is 10.1. The van der Waals surface area contributed by atoms with E-state index in [1.54, 1.807) is 18.6 Å². The largest absolute Gasteiger partial charge is 0.271 e. The van der Waals surface area contributed by atoms with Crippen LogP contribution in [-0.4, -0.2) is 14.8 Å². The summed E-state index contributed by atoms with van der Waals surface area (Å²) in [6.07, 6.45) is 6.37. The molecule has 2 aromatic heterocycles. The minimum atomic E-state index is -0.123. The zero-order valence-electron chi connectivity index (χ0n) is 10.2. The molecule has 0 saturated carbocycles. The van der Waals surface area contributed by atoms with E-state index in [1.165, 1.54) is 0 Å². The van der Waals surface area contributed by atoms with Gasteiger partial charge in [-0.2, -0.15) is 5.10 Å². The second-order valence-electron chi connectivity index (χ2n) is 3.99. The van der Waals surface area contributed by atoms with Gasteiger partial charge in [-0.25, -0.2) is 5.43 Å². The number of aryl methyl sites for hydroxylation is 1. The highest BCUT2D eigenvalue weighted by Crippen LogP contribution is 2.27. The molecule has 18 heavy (non-hydrogen) atoms. The van der Waals surface area contributed by atoms with Crippen molar-refractivity contribution in [2.75, 3.05) is 0 Å². The molecule has 0 spiro atoms. The molecule has 0 aliphatic rings. The van der Waals surface area contributed by atoms with Gasteiger partial charge in [0.2, 0.25) is 0 Å². The van der Waals surface area contributed by atoms with Gasteiger partial charge in [-0.05, 0) is 34.0 Å². The molecule has 96 valence electrons. The van der Waals surface area contributed by atoms with Crippen molar-refractivity contribution in [2.24, 2.45) is 5.84 Å². The van der Waals surface area contributed by atoms with E-state index in [9.17, 15) is 0 Å². The van der Waals surface area contributed by atoms with Crippen LogP contribution in [0.25, 0.3) is 0 Å². The molecule has 2 rings (SSSR count). The van der Waals surface area contributed by atoms with Gasteiger partial charge < -0.3 is 0 Å². The third kappa shape index (κ3) is 2.60. The van der Waals surface area contributed by atoms with Crippen molar-refractivity contribution in [2.45, 2.75) is 25.9 Å². The fourth-order valence-corrected chi connectivity index (χ4v) is 2.45. The summed E-state index contributed by atoms with van der Waals surface area (Å²) in [4.78, 5) is 4.13. The predicted molar refractivity (Wildman–Crippen MR) is 73.6 cm³/mol. The molecule has 3 N–H and O–H groups in total. The Labute approximate surface area is 115 Å². The third-order valence-corrected chi connectivity index (χ3v) is 3.34. The van der Waals surface area contributed by atoms with E-state index in [-0.39, 0.29) is 6.04 Å². The van der Waals surface area contributed by atoms with Crippen LogP contribution in [0, 0.1) is 0 Å². The molecule has 0 radical (unpaired) electrons. The first kappa shape index (κ1) is 13.2. The van der Waals surface area contributed by atoms with E-state index in [0.29, 0.717) is 0 Å². The van der Waals surface area contributed by atoms with Crippen molar-refractivity contribution < 1.29 is 0 Å². The normalized spacial score (nSPS) is 12.6. The average Bonchev–Trinajstić information content (AvgIpc) is 2.75. The highest BCUT2D eigenvalue weighted by molar-refractivity contribution is 9.10. The number of nitrogens with one attached hydrogen (secondary N) is 1. The first-order chi connectivity index (χ1) is 8.77. The van der Waals surface area contributed by atoms with E-state index in [2.05, 4.69) is 38.4 Å². The summed E-state index contributed by atoms with van der Waals surface area (Å²) in [7, 11) is 0. The quantitative estimate of drug-likeness (QED) is 0.655. The Morgan fingerprint density at radius 2 is 2.33 bits per heavy atom. The summed E-state index contributed by atoms with van der Waals surface area (Å²) in [5.41, 5.74) is 4.86. The molecule has 0 amide bonds. The summed E-state index contributed by atoms with van der Waals surface area (Å²) >= 11 is 3.53. The van der Waals surface area contributed by atoms with Crippen molar-refractivity contribution in [1.29, 1.82) is 0 Å². The van der Waals surface area contributed by atoms with Crippen LogP contribution in [0.15, 0.2) is 35.2 Å². The maximum Gasteiger partial charge on any atom is 0.0904 e.